The summed E-state index contributed by atoms with van der Waals surface area (Å²) in [5, 5.41) is 0. The van der Waals surface area contributed by atoms with E-state index in [1.807, 2.05) is 13.8 Å². The van der Waals surface area contributed by atoms with Gasteiger partial charge in [0.15, 0.2) is 0 Å². The van der Waals surface area contributed by atoms with Crippen molar-refractivity contribution in [1.82, 2.24) is 4.89 Å². The van der Waals surface area contributed by atoms with Crippen molar-refractivity contribution in [2.75, 3.05) is 5.75 Å². The van der Waals surface area contributed by atoms with E-state index < -0.39 is 15.6 Å². The summed E-state index contributed by atoms with van der Waals surface area (Å²) in [7, 11) is -3.28. The van der Waals surface area contributed by atoms with Crippen molar-refractivity contribution >= 4 is 10.0 Å². The summed E-state index contributed by atoms with van der Waals surface area (Å²) < 4.78 is 22.7. The molecular weight excluding hydrogens is 202 g/mol. The first-order valence-electron chi connectivity index (χ1n) is 4.80. The number of rotatable bonds is 5. The van der Waals surface area contributed by atoms with Gasteiger partial charge in [0.1, 0.15) is 0 Å². The number of hydrogen-bond acceptors (Lipinski definition) is 3. The van der Waals surface area contributed by atoms with Crippen LogP contribution in [-0.4, -0.2) is 19.8 Å². The van der Waals surface area contributed by atoms with E-state index in [9.17, 15) is 8.42 Å². The Morgan fingerprint density at radius 3 is 2.14 bits per heavy atom. The summed E-state index contributed by atoms with van der Waals surface area (Å²) in [6.45, 7) is 9.34. The lowest BCUT2D eigenvalue weighted by molar-refractivity contribution is -0.0357. The van der Waals surface area contributed by atoms with E-state index in [0.717, 1.165) is 0 Å². The lowest BCUT2D eigenvalue weighted by atomic mass is 10.2. The van der Waals surface area contributed by atoms with E-state index in [1.54, 1.807) is 20.8 Å². The van der Waals surface area contributed by atoms with Crippen LogP contribution in [0.15, 0.2) is 0 Å². The van der Waals surface area contributed by atoms with Crippen molar-refractivity contribution in [1.29, 1.82) is 0 Å². The third-order valence-corrected chi connectivity index (χ3v) is 2.55. The quantitative estimate of drug-likeness (QED) is 0.721. The van der Waals surface area contributed by atoms with Crippen molar-refractivity contribution in [3.8, 4) is 0 Å². The Morgan fingerprint density at radius 2 is 1.79 bits per heavy atom. The van der Waals surface area contributed by atoms with Gasteiger partial charge in [-0.2, -0.15) is 0 Å². The zero-order chi connectivity index (χ0) is 11.4. The second-order valence-electron chi connectivity index (χ2n) is 4.80. The first-order chi connectivity index (χ1) is 6.12. The highest BCUT2D eigenvalue weighted by molar-refractivity contribution is 7.89. The maximum atomic E-state index is 11.3. The Bertz CT molecular complexity index is 252. The van der Waals surface area contributed by atoms with Crippen molar-refractivity contribution in [2.24, 2.45) is 5.92 Å². The fourth-order valence-electron chi connectivity index (χ4n) is 0.621. The minimum Gasteiger partial charge on any atom is -0.281 e. The number of sulfonamides is 1. The van der Waals surface area contributed by atoms with Gasteiger partial charge in [0, 0.05) is 0 Å². The molecule has 0 heterocycles. The van der Waals surface area contributed by atoms with E-state index in [-0.39, 0.29) is 5.75 Å². The maximum Gasteiger partial charge on any atom is 0.233 e. The summed E-state index contributed by atoms with van der Waals surface area (Å²) in [6.07, 6.45) is 0.642. The van der Waals surface area contributed by atoms with Crippen molar-refractivity contribution in [2.45, 2.75) is 46.6 Å². The summed E-state index contributed by atoms with van der Waals surface area (Å²) in [5.74, 6) is 0.488. The lowest BCUT2D eigenvalue weighted by Gasteiger charge is -2.19. The molecule has 0 amide bonds. The molecule has 0 aromatic carbocycles. The molecule has 5 heteroatoms. The molecule has 0 spiro atoms. The molecular formula is C9H21NO3S. The minimum absolute atomic E-state index is 0.112. The van der Waals surface area contributed by atoms with Crippen LogP contribution in [0, 0.1) is 5.92 Å². The monoisotopic (exact) mass is 223 g/mol. The highest BCUT2D eigenvalue weighted by Crippen LogP contribution is 2.06. The van der Waals surface area contributed by atoms with Crippen molar-refractivity contribution in [3.05, 3.63) is 0 Å². The Morgan fingerprint density at radius 1 is 1.29 bits per heavy atom. The van der Waals surface area contributed by atoms with E-state index in [4.69, 9.17) is 4.84 Å². The Hall–Kier alpha value is -0.130. The Kier molecular flexibility index (Phi) is 5.05. The molecule has 0 atom stereocenters. The molecule has 14 heavy (non-hydrogen) atoms. The van der Waals surface area contributed by atoms with Crippen LogP contribution in [0.1, 0.15) is 41.0 Å². The maximum absolute atomic E-state index is 11.3. The highest BCUT2D eigenvalue weighted by atomic mass is 32.2. The Labute approximate surface area is 87.0 Å². The van der Waals surface area contributed by atoms with Gasteiger partial charge in [0.2, 0.25) is 10.0 Å². The molecule has 0 aromatic heterocycles. The van der Waals surface area contributed by atoms with Crippen LogP contribution in [0.2, 0.25) is 0 Å². The molecule has 0 bridgehead atoms. The van der Waals surface area contributed by atoms with E-state index in [2.05, 4.69) is 4.89 Å². The number of hydrogen-bond donors (Lipinski definition) is 1. The van der Waals surface area contributed by atoms with Crippen LogP contribution in [0.4, 0.5) is 0 Å². The second-order valence-corrected chi connectivity index (χ2v) is 6.60. The third-order valence-electron chi connectivity index (χ3n) is 1.44. The molecule has 0 aliphatic carbocycles. The predicted octanol–water partition coefficient (Wildman–Crippen LogP) is 1.68. The van der Waals surface area contributed by atoms with Gasteiger partial charge in [-0.15, -0.1) is 0 Å². The molecule has 0 aromatic rings. The molecule has 0 unspecified atom stereocenters. The lowest BCUT2D eigenvalue weighted by Crippen LogP contribution is -2.35. The van der Waals surface area contributed by atoms with Crippen molar-refractivity contribution in [3.63, 3.8) is 0 Å². The standard InChI is InChI=1S/C9H21NO3S/c1-8(2)6-7-14(11,12)10-13-9(3,4)5/h8,10H,6-7H2,1-5H3. The van der Waals surface area contributed by atoms with Gasteiger partial charge in [0.05, 0.1) is 11.4 Å². The minimum atomic E-state index is -3.28. The summed E-state index contributed by atoms with van der Waals surface area (Å²) in [6, 6.07) is 0. The van der Waals surface area contributed by atoms with Gasteiger partial charge < -0.3 is 0 Å². The molecule has 1 N–H and O–H groups in total. The first-order valence-corrected chi connectivity index (χ1v) is 6.45. The Balaban J connectivity index is 3.97. The molecule has 86 valence electrons. The van der Waals surface area contributed by atoms with Gasteiger partial charge in [-0.1, -0.05) is 18.7 Å². The van der Waals surface area contributed by atoms with Crippen LogP contribution in [0.25, 0.3) is 0 Å². The van der Waals surface area contributed by atoms with Crippen LogP contribution < -0.4 is 4.89 Å². The van der Waals surface area contributed by atoms with Crippen molar-refractivity contribution < 1.29 is 13.3 Å². The average molecular weight is 223 g/mol. The average Bonchev–Trinajstić information content (AvgIpc) is 1.97. The van der Waals surface area contributed by atoms with Gasteiger partial charge in [-0.3, -0.25) is 4.84 Å². The smallest absolute Gasteiger partial charge is 0.233 e. The van der Waals surface area contributed by atoms with Crippen LogP contribution in [-0.2, 0) is 14.9 Å². The zero-order valence-corrected chi connectivity index (χ0v) is 10.4. The van der Waals surface area contributed by atoms with E-state index >= 15 is 0 Å². The van der Waals surface area contributed by atoms with Gasteiger partial charge in [-0.25, -0.2) is 8.42 Å². The van der Waals surface area contributed by atoms with Gasteiger partial charge in [-0.05, 0) is 33.1 Å². The van der Waals surface area contributed by atoms with E-state index in [0.29, 0.717) is 12.3 Å². The second kappa shape index (κ2) is 5.09. The van der Waals surface area contributed by atoms with Crippen LogP contribution >= 0.6 is 0 Å². The molecule has 0 aliphatic rings. The molecule has 0 rings (SSSR count). The third kappa shape index (κ3) is 8.47. The molecule has 0 saturated carbocycles. The van der Waals surface area contributed by atoms with Crippen LogP contribution in [0.3, 0.4) is 0 Å². The summed E-state index contributed by atoms with van der Waals surface area (Å²) in [5.41, 5.74) is -0.495. The highest BCUT2D eigenvalue weighted by Gasteiger charge is 2.17. The summed E-state index contributed by atoms with van der Waals surface area (Å²) in [4.78, 5) is 7.11. The van der Waals surface area contributed by atoms with E-state index in [1.165, 1.54) is 0 Å². The zero-order valence-electron chi connectivity index (χ0n) is 9.62. The largest absolute Gasteiger partial charge is 0.281 e. The fraction of sp³-hybridized carbons (Fsp3) is 1.00. The fourth-order valence-corrected chi connectivity index (χ4v) is 1.86. The molecule has 4 nitrogen and oxygen atoms in total. The normalized spacial score (nSPS) is 13.6. The molecule has 0 aliphatic heterocycles. The predicted molar refractivity (Wildman–Crippen MR) is 57.2 cm³/mol. The van der Waals surface area contributed by atoms with Crippen LogP contribution in [0.5, 0.6) is 0 Å². The van der Waals surface area contributed by atoms with Gasteiger partial charge >= 0.3 is 0 Å². The first kappa shape index (κ1) is 13.9. The summed E-state index contributed by atoms with van der Waals surface area (Å²) >= 11 is 0. The topological polar surface area (TPSA) is 55.4 Å². The molecule has 0 fully saturated rings. The molecule has 0 radical (unpaired) electrons. The number of nitrogens with one attached hydrogen (secondary N) is 1. The SMILES string of the molecule is CC(C)CCS(=O)(=O)NOC(C)(C)C. The van der Waals surface area contributed by atoms with Gasteiger partial charge in [0.25, 0.3) is 0 Å². The molecule has 0 saturated heterocycles.